The lowest BCUT2D eigenvalue weighted by Crippen LogP contribution is -2.12. The molecule has 0 saturated heterocycles. The Hall–Kier alpha value is -2.41. The molecule has 0 spiro atoms. The number of ether oxygens (including phenoxy) is 1. The summed E-state index contributed by atoms with van der Waals surface area (Å²) < 4.78 is 5.91. The largest absolute Gasteiger partial charge is 0.459 e. The van der Waals surface area contributed by atoms with Gasteiger partial charge in [0, 0.05) is 16.2 Å². The molecule has 0 saturated carbocycles. The van der Waals surface area contributed by atoms with Gasteiger partial charge in [0.05, 0.1) is 16.6 Å². The summed E-state index contributed by atoms with van der Waals surface area (Å²) in [6, 6.07) is 11.5. The summed E-state index contributed by atoms with van der Waals surface area (Å²) >= 11 is 3.34. The van der Waals surface area contributed by atoms with Crippen LogP contribution >= 0.6 is 15.9 Å². The molecule has 23 heavy (non-hydrogen) atoms. The molecule has 2 aromatic rings. The van der Waals surface area contributed by atoms with Crippen LogP contribution in [-0.4, -0.2) is 17.0 Å². The molecular formula is C16H15BrN2O4. The SMILES string of the molecule is CC(C)OC(=O)c1ccc(Nc2cccc(Br)c2)c([N+](=O)[O-])c1. The standard InChI is InChI=1S/C16H15BrN2O4/c1-10(2)23-16(20)11-6-7-14(15(8-11)19(21)22)18-13-5-3-4-12(17)9-13/h3-10,18H,1-2H3. The molecule has 0 aliphatic rings. The molecule has 0 atom stereocenters. The van der Waals surface area contributed by atoms with E-state index in [0.717, 1.165) is 4.47 Å². The fourth-order valence-corrected chi connectivity index (χ4v) is 2.32. The molecule has 0 heterocycles. The van der Waals surface area contributed by atoms with E-state index < -0.39 is 10.9 Å². The van der Waals surface area contributed by atoms with Gasteiger partial charge in [0.15, 0.2) is 0 Å². The Balaban J connectivity index is 2.33. The Morgan fingerprint density at radius 2 is 2.00 bits per heavy atom. The number of nitrogens with zero attached hydrogens (tertiary/aromatic N) is 1. The highest BCUT2D eigenvalue weighted by molar-refractivity contribution is 9.10. The quantitative estimate of drug-likeness (QED) is 0.464. The summed E-state index contributed by atoms with van der Waals surface area (Å²) in [5.41, 5.74) is 0.947. The molecule has 2 aromatic carbocycles. The number of nitrogens with one attached hydrogen (secondary N) is 1. The van der Waals surface area contributed by atoms with Crippen LogP contribution in [-0.2, 0) is 4.74 Å². The van der Waals surface area contributed by atoms with Gasteiger partial charge in [-0.15, -0.1) is 0 Å². The average Bonchev–Trinajstić information content (AvgIpc) is 2.46. The van der Waals surface area contributed by atoms with Crippen LogP contribution < -0.4 is 5.32 Å². The number of halogens is 1. The van der Waals surface area contributed by atoms with E-state index in [2.05, 4.69) is 21.2 Å². The minimum atomic E-state index is -0.586. The minimum Gasteiger partial charge on any atom is -0.459 e. The molecule has 2 rings (SSSR count). The van der Waals surface area contributed by atoms with Crippen molar-refractivity contribution in [3.8, 4) is 0 Å². The van der Waals surface area contributed by atoms with Gasteiger partial charge in [0.1, 0.15) is 5.69 Å². The van der Waals surface area contributed by atoms with Crippen LogP contribution in [0.5, 0.6) is 0 Å². The van der Waals surface area contributed by atoms with Gasteiger partial charge < -0.3 is 10.1 Å². The van der Waals surface area contributed by atoms with Gasteiger partial charge in [-0.05, 0) is 44.2 Å². The first-order valence-electron chi connectivity index (χ1n) is 6.89. The predicted octanol–water partition coefficient (Wildman–Crippen LogP) is 4.67. The molecule has 0 aromatic heterocycles. The Labute approximate surface area is 141 Å². The first-order valence-corrected chi connectivity index (χ1v) is 7.68. The van der Waals surface area contributed by atoms with Crippen LogP contribution in [0.4, 0.5) is 17.1 Å². The zero-order valence-electron chi connectivity index (χ0n) is 12.6. The van der Waals surface area contributed by atoms with Crippen molar-refractivity contribution in [1.82, 2.24) is 0 Å². The normalized spacial score (nSPS) is 10.4. The number of hydrogen-bond donors (Lipinski definition) is 1. The van der Waals surface area contributed by atoms with Crippen LogP contribution in [0.2, 0.25) is 0 Å². The van der Waals surface area contributed by atoms with Crippen molar-refractivity contribution in [2.45, 2.75) is 20.0 Å². The van der Waals surface area contributed by atoms with E-state index >= 15 is 0 Å². The Kier molecular flexibility index (Phi) is 5.33. The third-order valence-electron chi connectivity index (χ3n) is 2.88. The Morgan fingerprint density at radius 3 is 2.61 bits per heavy atom. The van der Waals surface area contributed by atoms with Crippen molar-refractivity contribution in [2.75, 3.05) is 5.32 Å². The van der Waals surface area contributed by atoms with E-state index in [4.69, 9.17) is 4.74 Å². The highest BCUT2D eigenvalue weighted by Crippen LogP contribution is 2.30. The van der Waals surface area contributed by atoms with Crippen molar-refractivity contribution in [3.05, 3.63) is 62.6 Å². The summed E-state index contributed by atoms with van der Waals surface area (Å²) in [6.45, 7) is 3.44. The van der Waals surface area contributed by atoms with Crippen LogP contribution in [0.1, 0.15) is 24.2 Å². The lowest BCUT2D eigenvalue weighted by atomic mass is 10.1. The van der Waals surface area contributed by atoms with E-state index in [9.17, 15) is 14.9 Å². The molecule has 0 radical (unpaired) electrons. The van der Waals surface area contributed by atoms with E-state index in [1.807, 2.05) is 12.1 Å². The average molecular weight is 379 g/mol. The van der Waals surface area contributed by atoms with Crippen molar-refractivity contribution in [3.63, 3.8) is 0 Å². The maximum Gasteiger partial charge on any atom is 0.338 e. The van der Waals surface area contributed by atoms with Gasteiger partial charge in [-0.2, -0.15) is 0 Å². The van der Waals surface area contributed by atoms with Gasteiger partial charge in [0.25, 0.3) is 5.69 Å². The molecule has 0 bridgehead atoms. The van der Waals surface area contributed by atoms with Crippen LogP contribution in [0.3, 0.4) is 0 Å². The maximum atomic E-state index is 11.9. The van der Waals surface area contributed by atoms with Gasteiger partial charge in [0.2, 0.25) is 0 Å². The molecule has 0 fully saturated rings. The maximum absolute atomic E-state index is 11.9. The van der Waals surface area contributed by atoms with Gasteiger partial charge in [-0.1, -0.05) is 22.0 Å². The second-order valence-corrected chi connectivity index (χ2v) is 5.99. The van der Waals surface area contributed by atoms with Gasteiger partial charge in [-0.3, -0.25) is 10.1 Å². The highest BCUT2D eigenvalue weighted by Gasteiger charge is 2.19. The summed E-state index contributed by atoms with van der Waals surface area (Å²) in [7, 11) is 0. The van der Waals surface area contributed by atoms with Crippen molar-refractivity contribution < 1.29 is 14.5 Å². The number of anilines is 2. The highest BCUT2D eigenvalue weighted by atomic mass is 79.9. The van der Waals surface area contributed by atoms with Crippen molar-refractivity contribution in [1.29, 1.82) is 0 Å². The fourth-order valence-electron chi connectivity index (χ4n) is 1.92. The smallest absolute Gasteiger partial charge is 0.338 e. The van der Waals surface area contributed by atoms with Crippen LogP contribution in [0.25, 0.3) is 0 Å². The Bertz CT molecular complexity index is 747. The first-order chi connectivity index (χ1) is 10.9. The lowest BCUT2D eigenvalue weighted by Gasteiger charge is -2.10. The number of carbonyl (C=O) groups is 1. The van der Waals surface area contributed by atoms with Crippen molar-refractivity contribution >= 4 is 39.0 Å². The summed E-state index contributed by atoms with van der Waals surface area (Å²) in [4.78, 5) is 22.6. The van der Waals surface area contributed by atoms with E-state index in [1.54, 1.807) is 26.0 Å². The summed E-state index contributed by atoms with van der Waals surface area (Å²) in [5.74, 6) is -0.586. The van der Waals surface area contributed by atoms with E-state index in [1.165, 1.54) is 18.2 Å². The first kappa shape index (κ1) is 17.0. The molecule has 0 amide bonds. The predicted molar refractivity (Wildman–Crippen MR) is 91.1 cm³/mol. The zero-order chi connectivity index (χ0) is 17.0. The Morgan fingerprint density at radius 1 is 1.26 bits per heavy atom. The molecule has 0 aliphatic carbocycles. The van der Waals surface area contributed by atoms with Crippen LogP contribution in [0, 0.1) is 10.1 Å². The molecule has 120 valence electrons. The lowest BCUT2D eigenvalue weighted by molar-refractivity contribution is -0.383. The third-order valence-corrected chi connectivity index (χ3v) is 3.37. The monoisotopic (exact) mass is 378 g/mol. The topological polar surface area (TPSA) is 81.5 Å². The summed E-state index contributed by atoms with van der Waals surface area (Å²) in [6.07, 6.45) is -0.291. The van der Waals surface area contributed by atoms with Gasteiger partial charge >= 0.3 is 5.97 Å². The number of nitro benzene ring substituents is 1. The number of rotatable bonds is 5. The number of benzene rings is 2. The van der Waals surface area contributed by atoms with E-state index in [-0.39, 0.29) is 17.4 Å². The third kappa shape index (κ3) is 4.53. The number of hydrogen-bond acceptors (Lipinski definition) is 5. The van der Waals surface area contributed by atoms with Crippen molar-refractivity contribution in [2.24, 2.45) is 0 Å². The fraction of sp³-hybridized carbons (Fsp3) is 0.188. The summed E-state index contributed by atoms with van der Waals surface area (Å²) in [5, 5.41) is 14.3. The molecule has 7 heteroatoms. The van der Waals surface area contributed by atoms with Crippen LogP contribution in [0.15, 0.2) is 46.9 Å². The molecule has 1 N–H and O–H groups in total. The second kappa shape index (κ2) is 7.23. The molecule has 0 unspecified atom stereocenters. The zero-order valence-corrected chi connectivity index (χ0v) is 14.2. The minimum absolute atomic E-state index is 0.144. The number of nitro groups is 1. The molecular weight excluding hydrogens is 364 g/mol. The second-order valence-electron chi connectivity index (χ2n) is 5.08. The van der Waals surface area contributed by atoms with Gasteiger partial charge in [-0.25, -0.2) is 4.79 Å². The molecule has 0 aliphatic heterocycles. The number of carbonyl (C=O) groups excluding carboxylic acids is 1. The van der Waals surface area contributed by atoms with E-state index in [0.29, 0.717) is 11.4 Å². The molecule has 6 nitrogen and oxygen atoms in total. The number of esters is 1.